The van der Waals surface area contributed by atoms with Gasteiger partial charge in [0.15, 0.2) is 5.13 Å². The Kier molecular flexibility index (Phi) is 2.59. The van der Waals surface area contributed by atoms with Crippen LogP contribution >= 0.6 is 11.3 Å². The number of aromatic nitrogens is 1. The molecule has 0 saturated heterocycles. The van der Waals surface area contributed by atoms with Gasteiger partial charge in [-0.05, 0) is 31.4 Å². The highest BCUT2D eigenvalue weighted by Gasteiger charge is 2.32. The predicted octanol–water partition coefficient (Wildman–Crippen LogP) is 3.39. The first kappa shape index (κ1) is 11.6. The Morgan fingerprint density at radius 1 is 1.39 bits per heavy atom. The second kappa shape index (κ2) is 4.02. The zero-order chi connectivity index (χ0) is 12.9. The average Bonchev–Trinajstić information content (AvgIpc) is 2.85. The molecule has 2 aromatic rings. The monoisotopic (exact) mass is 266 g/mol. The Morgan fingerprint density at radius 3 is 2.94 bits per heavy atom. The van der Waals surface area contributed by atoms with E-state index in [0.29, 0.717) is 17.1 Å². The summed E-state index contributed by atoms with van der Waals surface area (Å²) in [5, 5.41) is 0.471. The summed E-state index contributed by atoms with van der Waals surface area (Å²) in [5.74, 6) is -1.17. The minimum absolute atomic E-state index is 0.164. The summed E-state index contributed by atoms with van der Waals surface area (Å²) in [6.07, 6.45) is 1.44. The molecule has 0 radical (unpaired) electrons. The lowest BCUT2D eigenvalue weighted by Crippen LogP contribution is -2.04. The lowest BCUT2D eigenvalue weighted by Gasteiger charge is -2.13. The van der Waals surface area contributed by atoms with Crippen LogP contribution in [0.4, 0.5) is 13.9 Å². The quantitative estimate of drug-likeness (QED) is 0.859. The van der Waals surface area contributed by atoms with Crippen LogP contribution in [0.1, 0.15) is 34.0 Å². The highest BCUT2D eigenvalue weighted by molar-refractivity contribution is 7.15. The van der Waals surface area contributed by atoms with Gasteiger partial charge in [-0.2, -0.15) is 0 Å². The second-order valence-electron chi connectivity index (χ2n) is 4.55. The van der Waals surface area contributed by atoms with E-state index >= 15 is 0 Å². The van der Waals surface area contributed by atoms with Gasteiger partial charge in [0, 0.05) is 16.4 Å². The zero-order valence-corrected chi connectivity index (χ0v) is 10.7. The fraction of sp³-hybridized carbons (Fsp3) is 0.308. The first-order chi connectivity index (χ1) is 8.58. The fourth-order valence-electron chi connectivity index (χ4n) is 2.52. The van der Waals surface area contributed by atoms with Crippen LogP contribution in [0, 0.1) is 18.6 Å². The molecule has 0 amide bonds. The van der Waals surface area contributed by atoms with Gasteiger partial charge in [-0.1, -0.05) is 6.07 Å². The van der Waals surface area contributed by atoms with Crippen molar-refractivity contribution in [2.45, 2.75) is 25.7 Å². The van der Waals surface area contributed by atoms with E-state index in [2.05, 4.69) is 4.98 Å². The molecule has 1 unspecified atom stereocenters. The molecule has 1 heterocycles. The number of thiazole rings is 1. The molecule has 1 atom stereocenters. The maximum atomic E-state index is 14.1. The summed E-state index contributed by atoms with van der Waals surface area (Å²) >= 11 is 1.34. The van der Waals surface area contributed by atoms with Crippen LogP contribution in [0.2, 0.25) is 0 Å². The van der Waals surface area contributed by atoms with Crippen molar-refractivity contribution in [3.8, 4) is 0 Å². The van der Waals surface area contributed by atoms with Crippen LogP contribution in [-0.4, -0.2) is 4.98 Å². The summed E-state index contributed by atoms with van der Waals surface area (Å²) in [6, 6.07) is 2.79. The molecule has 2 nitrogen and oxygen atoms in total. The van der Waals surface area contributed by atoms with Crippen LogP contribution in [0.15, 0.2) is 12.1 Å². The van der Waals surface area contributed by atoms with Gasteiger partial charge in [-0.25, -0.2) is 13.8 Å². The molecule has 0 spiro atoms. The Bertz CT molecular complexity index is 622. The molecule has 0 aliphatic heterocycles. The van der Waals surface area contributed by atoms with E-state index < -0.39 is 11.6 Å². The molecule has 94 valence electrons. The van der Waals surface area contributed by atoms with Crippen molar-refractivity contribution < 1.29 is 8.78 Å². The van der Waals surface area contributed by atoms with Gasteiger partial charge in [-0.15, -0.1) is 11.3 Å². The molecule has 1 aromatic carbocycles. The molecule has 1 aromatic heterocycles. The van der Waals surface area contributed by atoms with Gasteiger partial charge in [0.2, 0.25) is 0 Å². The first-order valence-electron chi connectivity index (χ1n) is 5.77. The number of nitrogens with zero attached hydrogens (tertiary/aromatic N) is 1. The summed E-state index contributed by atoms with van der Waals surface area (Å²) in [5.41, 5.74) is 7.18. The van der Waals surface area contributed by atoms with Crippen molar-refractivity contribution in [2.24, 2.45) is 0 Å². The Balaban J connectivity index is 2.15. The number of fused-ring (bicyclic) bond motifs is 1. The van der Waals surface area contributed by atoms with Crippen molar-refractivity contribution in [3.63, 3.8) is 0 Å². The molecule has 18 heavy (non-hydrogen) atoms. The maximum absolute atomic E-state index is 14.1. The number of nitrogens with two attached hydrogens (primary N) is 1. The van der Waals surface area contributed by atoms with Gasteiger partial charge >= 0.3 is 0 Å². The van der Waals surface area contributed by atoms with Crippen LogP contribution < -0.4 is 5.73 Å². The molecule has 0 bridgehead atoms. The summed E-state index contributed by atoms with van der Waals surface area (Å²) in [6.45, 7) is 1.65. The van der Waals surface area contributed by atoms with Gasteiger partial charge in [0.1, 0.15) is 11.6 Å². The lowest BCUT2D eigenvalue weighted by atomic mass is 9.95. The number of aryl methyl sites for hydroxylation is 2. The lowest BCUT2D eigenvalue weighted by molar-refractivity contribution is 0.535. The molecule has 0 saturated carbocycles. The largest absolute Gasteiger partial charge is 0.375 e. The number of hydrogen-bond donors (Lipinski definition) is 1. The number of benzene rings is 1. The molecule has 1 aliphatic carbocycles. The number of nitrogen functional groups attached to an aromatic ring is 1. The van der Waals surface area contributed by atoms with Crippen LogP contribution in [0.5, 0.6) is 0 Å². The molecular formula is C13H12F2N2S. The number of anilines is 1. The predicted molar refractivity (Wildman–Crippen MR) is 67.8 cm³/mol. The van der Waals surface area contributed by atoms with E-state index in [9.17, 15) is 8.78 Å². The van der Waals surface area contributed by atoms with E-state index in [0.717, 1.165) is 17.0 Å². The van der Waals surface area contributed by atoms with Crippen molar-refractivity contribution in [3.05, 3.63) is 45.5 Å². The van der Waals surface area contributed by atoms with Gasteiger partial charge in [-0.3, -0.25) is 0 Å². The normalized spacial score (nSPS) is 18.1. The third-order valence-corrected chi connectivity index (χ3v) is 4.44. The van der Waals surface area contributed by atoms with E-state index in [1.807, 2.05) is 0 Å². The Morgan fingerprint density at radius 2 is 2.17 bits per heavy atom. The zero-order valence-electron chi connectivity index (χ0n) is 9.84. The smallest absolute Gasteiger partial charge is 0.180 e. The van der Waals surface area contributed by atoms with Crippen molar-refractivity contribution in [1.29, 1.82) is 0 Å². The van der Waals surface area contributed by atoms with Crippen LogP contribution in [0.3, 0.4) is 0 Å². The van der Waals surface area contributed by atoms with Gasteiger partial charge < -0.3 is 5.73 Å². The van der Waals surface area contributed by atoms with Gasteiger partial charge in [0.25, 0.3) is 0 Å². The molecule has 0 fully saturated rings. The SMILES string of the molecule is Cc1ccc(F)c(C2CCc3nc(N)sc32)c1F. The average molecular weight is 266 g/mol. The highest BCUT2D eigenvalue weighted by atomic mass is 32.1. The van der Waals surface area contributed by atoms with Crippen LogP contribution in [0.25, 0.3) is 0 Å². The number of halogens is 2. The number of rotatable bonds is 1. The summed E-state index contributed by atoms with van der Waals surface area (Å²) in [4.78, 5) is 5.11. The second-order valence-corrected chi connectivity index (χ2v) is 5.61. The van der Waals surface area contributed by atoms with Crippen molar-refractivity contribution >= 4 is 16.5 Å². The van der Waals surface area contributed by atoms with E-state index in [4.69, 9.17) is 5.73 Å². The topological polar surface area (TPSA) is 38.9 Å². The summed E-state index contributed by atoms with van der Waals surface area (Å²) < 4.78 is 28.0. The highest BCUT2D eigenvalue weighted by Crippen LogP contribution is 2.44. The van der Waals surface area contributed by atoms with Gasteiger partial charge in [0.05, 0.1) is 5.69 Å². The Hall–Kier alpha value is -1.49. The minimum Gasteiger partial charge on any atom is -0.375 e. The van der Waals surface area contributed by atoms with E-state index in [1.165, 1.54) is 23.5 Å². The third kappa shape index (κ3) is 1.61. The molecule has 3 rings (SSSR count). The van der Waals surface area contributed by atoms with Crippen molar-refractivity contribution in [2.75, 3.05) is 5.73 Å². The number of hydrogen-bond acceptors (Lipinski definition) is 3. The minimum atomic E-state index is -0.483. The first-order valence-corrected chi connectivity index (χ1v) is 6.59. The summed E-state index contributed by atoms with van der Waals surface area (Å²) in [7, 11) is 0. The van der Waals surface area contributed by atoms with Crippen molar-refractivity contribution in [1.82, 2.24) is 4.98 Å². The molecular weight excluding hydrogens is 254 g/mol. The van der Waals surface area contributed by atoms with E-state index in [-0.39, 0.29) is 11.5 Å². The molecule has 5 heteroatoms. The molecule has 2 N–H and O–H groups in total. The van der Waals surface area contributed by atoms with Crippen LogP contribution in [-0.2, 0) is 6.42 Å². The fourth-order valence-corrected chi connectivity index (χ4v) is 3.54. The standard InChI is InChI=1S/C13H12F2N2S/c1-6-2-4-8(14)10(11(6)15)7-3-5-9-12(7)18-13(16)17-9/h2,4,7H,3,5H2,1H3,(H2,16,17). The maximum Gasteiger partial charge on any atom is 0.180 e. The molecule has 1 aliphatic rings. The van der Waals surface area contributed by atoms with E-state index in [1.54, 1.807) is 6.92 Å². The Labute approximate surface area is 107 Å². The third-order valence-electron chi connectivity index (χ3n) is 3.40.